The minimum atomic E-state index is -0.228. The second-order valence-corrected chi connectivity index (χ2v) is 9.07. The van der Waals surface area contributed by atoms with Crippen molar-refractivity contribution >= 4 is 39.1 Å². The van der Waals surface area contributed by atoms with Crippen LogP contribution in [0.5, 0.6) is 0 Å². The van der Waals surface area contributed by atoms with Crippen LogP contribution in [-0.2, 0) is 4.79 Å². The number of anilines is 1. The van der Waals surface area contributed by atoms with Crippen molar-refractivity contribution in [1.82, 2.24) is 0 Å². The molecule has 4 heteroatoms. The van der Waals surface area contributed by atoms with Gasteiger partial charge in [0.25, 0.3) is 0 Å². The Labute approximate surface area is 138 Å². The first-order chi connectivity index (χ1) is 9.96. The Bertz CT molecular complexity index is 588. The van der Waals surface area contributed by atoms with E-state index in [4.69, 9.17) is 11.6 Å². The van der Waals surface area contributed by atoms with Crippen molar-refractivity contribution in [2.45, 2.75) is 43.4 Å². The fourth-order valence-electron chi connectivity index (χ4n) is 5.25. The fraction of sp³-hybridized carbons (Fsp3) is 0.588. The Morgan fingerprint density at radius 3 is 2.57 bits per heavy atom. The van der Waals surface area contributed by atoms with Gasteiger partial charge in [0.15, 0.2) is 0 Å². The van der Waals surface area contributed by atoms with Crippen LogP contribution in [0.1, 0.15) is 38.5 Å². The molecule has 2 unspecified atom stereocenters. The molecule has 1 N–H and O–H groups in total. The molecule has 5 rings (SSSR count). The van der Waals surface area contributed by atoms with Gasteiger partial charge >= 0.3 is 0 Å². The zero-order valence-corrected chi connectivity index (χ0v) is 14.2. The Kier molecular flexibility index (Phi) is 3.17. The monoisotopic (exact) mass is 367 g/mol. The average molecular weight is 369 g/mol. The zero-order valence-electron chi connectivity index (χ0n) is 11.9. The molecule has 1 aromatic carbocycles. The quantitative estimate of drug-likeness (QED) is 0.734. The first-order valence-electron chi connectivity index (χ1n) is 7.72. The molecule has 0 aliphatic heterocycles. The summed E-state index contributed by atoms with van der Waals surface area (Å²) >= 11 is 10.3. The molecule has 4 aliphatic rings. The summed E-state index contributed by atoms with van der Waals surface area (Å²) in [5.41, 5.74) is 0.641. The highest BCUT2D eigenvalue weighted by molar-refractivity contribution is 9.10. The molecule has 2 nitrogen and oxygen atoms in total. The normalized spacial score (nSPS) is 40.3. The molecule has 0 heterocycles. The number of rotatable bonds is 2. The number of halogens is 2. The third-order valence-corrected chi connectivity index (χ3v) is 6.49. The van der Waals surface area contributed by atoms with Crippen LogP contribution in [0.2, 0.25) is 0 Å². The summed E-state index contributed by atoms with van der Waals surface area (Å²) in [4.78, 5) is 12.8. The standard InChI is InChI=1S/C17H19BrClNO/c18-13-2-1-3-14(5-13)20-15(21)16-6-11-4-12(7-16)9-17(19,8-11)10-16/h1-3,5,11-12H,4,6-10H2,(H,20,21)/t11-,12+,16?,17?. The number of nitrogens with one attached hydrogen (secondary N) is 1. The van der Waals surface area contributed by atoms with Crippen LogP contribution < -0.4 is 5.32 Å². The summed E-state index contributed by atoms with van der Waals surface area (Å²) in [7, 11) is 0. The lowest BCUT2D eigenvalue weighted by Crippen LogP contribution is -2.57. The summed E-state index contributed by atoms with van der Waals surface area (Å²) in [5, 5.41) is 3.13. The maximum absolute atomic E-state index is 12.9. The first-order valence-corrected chi connectivity index (χ1v) is 8.90. The molecule has 21 heavy (non-hydrogen) atoms. The number of hydrogen-bond donors (Lipinski definition) is 1. The number of hydrogen-bond acceptors (Lipinski definition) is 1. The zero-order chi connectivity index (χ0) is 14.7. The number of benzene rings is 1. The summed E-state index contributed by atoms with van der Waals surface area (Å²) in [6.07, 6.45) is 6.40. The van der Waals surface area contributed by atoms with Gasteiger partial charge in [-0.05, 0) is 68.6 Å². The van der Waals surface area contributed by atoms with Crippen molar-refractivity contribution in [1.29, 1.82) is 0 Å². The largest absolute Gasteiger partial charge is 0.326 e. The van der Waals surface area contributed by atoms with E-state index in [2.05, 4.69) is 21.2 Å². The van der Waals surface area contributed by atoms with Crippen LogP contribution in [0, 0.1) is 17.3 Å². The van der Waals surface area contributed by atoms with Crippen LogP contribution >= 0.6 is 27.5 Å². The maximum Gasteiger partial charge on any atom is 0.230 e. The van der Waals surface area contributed by atoms with Gasteiger partial charge in [-0.2, -0.15) is 0 Å². The molecular formula is C17H19BrClNO. The van der Waals surface area contributed by atoms with E-state index in [1.54, 1.807) is 0 Å². The molecule has 0 saturated heterocycles. The van der Waals surface area contributed by atoms with Crippen molar-refractivity contribution < 1.29 is 4.79 Å². The van der Waals surface area contributed by atoms with Gasteiger partial charge in [0.05, 0.1) is 5.41 Å². The molecule has 4 atom stereocenters. The summed E-state index contributed by atoms with van der Waals surface area (Å²) in [6, 6.07) is 7.81. The van der Waals surface area contributed by atoms with Crippen LogP contribution in [0.25, 0.3) is 0 Å². The highest BCUT2D eigenvalue weighted by Crippen LogP contribution is 2.64. The van der Waals surface area contributed by atoms with Crippen molar-refractivity contribution in [3.8, 4) is 0 Å². The fourth-order valence-corrected chi connectivity index (χ4v) is 6.34. The molecule has 0 radical (unpaired) electrons. The third kappa shape index (κ3) is 2.43. The van der Waals surface area contributed by atoms with Gasteiger partial charge in [0, 0.05) is 15.0 Å². The highest BCUT2D eigenvalue weighted by atomic mass is 79.9. The number of carbonyl (C=O) groups excluding carboxylic acids is 1. The van der Waals surface area contributed by atoms with Gasteiger partial charge in [-0.15, -0.1) is 11.6 Å². The summed E-state index contributed by atoms with van der Waals surface area (Å²) in [5.74, 6) is 1.48. The van der Waals surface area contributed by atoms with E-state index in [-0.39, 0.29) is 16.2 Å². The van der Waals surface area contributed by atoms with Crippen molar-refractivity contribution in [3.63, 3.8) is 0 Å². The Balaban J connectivity index is 1.59. The van der Waals surface area contributed by atoms with Crippen molar-refractivity contribution in [3.05, 3.63) is 28.7 Å². The molecule has 1 amide bonds. The lowest BCUT2D eigenvalue weighted by atomic mass is 9.49. The maximum atomic E-state index is 12.9. The summed E-state index contributed by atoms with van der Waals surface area (Å²) < 4.78 is 0.986. The molecule has 4 saturated carbocycles. The average Bonchev–Trinajstić information content (AvgIpc) is 2.35. The predicted molar refractivity (Wildman–Crippen MR) is 88.5 cm³/mol. The molecule has 112 valence electrons. The smallest absolute Gasteiger partial charge is 0.230 e. The van der Waals surface area contributed by atoms with Gasteiger partial charge in [-0.1, -0.05) is 22.0 Å². The Morgan fingerprint density at radius 1 is 1.24 bits per heavy atom. The third-order valence-electron chi connectivity index (χ3n) is 5.55. The van der Waals surface area contributed by atoms with E-state index in [9.17, 15) is 4.79 Å². The van der Waals surface area contributed by atoms with Gasteiger partial charge in [0.1, 0.15) is 0 Å². The van der Waals surface area contributed by atoms with E-state index in [0.29, 0.717) is 11.8 Å². The Hall–Kier alpha value is -0.540. The molecular weight excluding hydrogens is 350 g/mol. The van der Waals surface area contributed by atoms with E-state index in [1.807, 2.05) is 24.3 Å². The summed E-state index contributed by atoms with van der Waals surface area (Å²) in [6.45, 7) is 0. The number of carbonyl (C=O) groups is 1. The molecule has 0 spiro atoms. The number of alkyl halides is 1. The van der Waals surface area contributed by atoms with Crippen molar-refractivity contribution in [2.75, 3.05) is 5.32 Å². The van der Waals surface area contributed by atoms with Gasteiger partial charge in [-0.3, -0.25) is 4.79 Å². The van der Waals surface area contributed by atoms with Crippen LogP contribution in [0.4, 0.5) is 5.69 Å². The van der Waals surface area contributed by atoms with Gasteiger partial charge in [-0.25, -0.2) is 0 Å². The van der Waals surface area contributed by atoms with E-state index < -0.39 is 0 Å². The molecule has 4 fully saturated rings. The second kappa shape index (κ2) is 4.73. The SMILES string of the molecule is O=C(Nc1cccc(Br)c1)C12C[C@@H]3C[C@@H](CC(Cl)(C3)C1)C2. The van der Waals surface area contributed by atoms with Gasteiger partial charge < -0.3 is 5.32 Å². The van der Waals surface area contributed by atoms with Crippen LogP contribution in [-0.4, -0.2) is 10.8 Å². The minimum Gasteiger partial charge on any atom is -0.326 e. The van der Waals surface area contributed by atoms with E-state index >= 15 is 0 Å². The van der Waals surface area contributed by atoms with E-state index in [1.165, 1.54) is 6.42 Å². The van der Waals surface area contributed by atoms with Crippen LogP contribution in [0.3, 0.4) is 0 Å². The topological polar surface area (TPSA) is 29.1 Å². The van der Waals surface area contributed by atoms with Gasteiger partial charge in [0.2, 0.25) is 5.91 Å². The molecule has 0 aromatic heterocycles. The lowest BCUT2D eigenvalue weighted by Gasteiger charge is -2.59. The van der Waals surface area contributed by atoms with E-state index in [0.717, 1.165) is 42.3 Å². The lowest BCUT2D eigenvalue weighted by molar-refractivity contribution is -0.138. The second-order valence-electron chi connectivity index (χ2n) is 7.36. The minimum absolute atomic E-state index is 0.112. The highest BCUT2D eigenvalue weighted by Gasteiger charge is 2.60. The number of amides is 1. The Morgan fingerprint density at radius 2 is 1.95 bits per heavy atom. The molecule has 4 bridgehead atoms. The first kappa shape index (κ1) is 14.1. The predicted octanol–water partition coefficient (Wildman–Crippen LogP) is 4.97. The molecule has 1 aromatic rings. The molecule has 4 aliphatic carbocycles. The van der Waals surface area contributed by atoms with Crippen LogP contribution in [0.15, 0.2) is 28.7 Å². The van der Waals surface area contributed by atoms with Crippen molar-refractivity contribution in [2.24, 2.45) is 17.3 Å².